The van der Waals surface area contributed by atoms with E-state index in [1.807, 2.05) is 13.0 Å². The van der Waals surface area contributed by atoms with Gasteiger partial charge in [0.15, 0.2) is 0 Å². The van der Waals surface area contributed by atoms with Crippen LogP contribution in [0.2, 0.25) is 0 Å². The van der Waals surface area contributed by atoms with Crippen LogP contribution in [0, 0.1) is 6.92 Å². The van der Waals surface area contributed by atoms with Crippen molar-refractivity contribution >= 4 is 5.91 Å². The summed E-state index contributed by atoms with van der Waals surface area (Å²) in [6.45, 7) is 2.70. The summed E-state index contributed by atoms with van der Waals surface area (Å²) in [6, 6.07) is 11.1. The van der Waals surface area contributed by atoms with Crippen LogP contribution in [0.3, 0.4) is 0 Å². The number of carbonyl (C=O) groups is 1. The zero-order valence-corrected chi connectivity index (χ0v) is 11.3. The molecule has 0 fully saturated rings. The largest absolute Gasteiger partial charge is 0.366 e. The van der Waals surface area contributed by atoms with Crippen molar-refractivity contribution in [2.24, 2.45) is 5.73 Å². The Labute approximate surface area is 116 Å². The van der Waals surface area contributed by atoms with E-state index in [0.717, 1.165) is 12.5 Å². The van der Waals surface area contributed by atoms with Crippen LogP contribution < -0.4 is 5.73 Å². The van der Waals surface area contributed by atoms with Crippen LogP contribution >= 0.6 is 0 Å². The molecule has 2 aromatic carbocycles. The minimum atomic E-state index is -2.88. The number of rotatable bonds is 3. The summed E-state index contributed by atoms with van der Waals surface area (Å²) >= 11 is 0. The third-order valence-corrected chi connectivity index (χ3v) is 3.22. The number of nitrogens with two attached hydrogens (primary N) is 1. The molecule has 0 saturated heterocycles. The number of hydrogen-bond donors (Lipinski definition) is 1. The average Bonchev–Trinajstić information content (AvgIpc) is 2.37. The lowest BCUT2D eigenvalue weighted by molar-refractivity contribution is 0.0175. The van der Waals surface area contributed by atoms with Crippen LogP contribution in [0.1, 0.15) is 28.4 Å². The Morgan fingerprint density at radius 1 is 1.10 bits per heavy atom. The first-order valence-electron chi connectivity index (χ1n) is 6.19. The van der Waals surface area contributed by atoms with Crippen LogP contribution in [0.4, 0.5) is 8.78 Å². The highest BCUT2D eigenvalue weighted by molar-refractivity contribution is 6.00. The second-order valence-corrected chi connectivity index (χ2v) is 4.83. The molecule has 2 aromatic rings. The molecule has 0 aliphatic rings. The third-order valence-electron chi connectivity index (χ3n) is 3.22. The van der Waals surface area contributed by atoms with Crippen molar-refractivity contribution in [2.75, 3.05) is 0 Å². The van der Waals surface area contributed by atoms with Gasteiger partial charge in [0.05, 0.1) is 0 Å². The summed E-state index contributed by atoms with van der Waals surface area (Å²) in [4.78, 5) is 11.5. The van der Waals surface area contributed by atoms with Crippen LogP contribution in [0.5, 0.6) is 0 Å². The van der Waals surface area contributed by atoms with E-state index in [-0.39, 0.29) is 5.56 Å². The Morgan fingerprint density at radius 3 is 2.20 bits per heavy atom. The van der Waals surface area contributed by atoms with E-state index in [1.54, 1.807) is 24.3 Å². The molecule has 0 aliphatic carbocycles. The van der Waals surface area contributed by atoms with E-state index in [4.69, 9.17) is 5.73 Å². The Morgan fingerprint density at radius 2 is 1.70 bits per heavy atom. The summed E-state index contributed by atoms with van der Waals surface area (Å²) in [5.41, 5.74) is 7.95. The molecule has 1 amide bonds. The predicted molar refractivity (Wildman–Crippen MR) is 74.7 cm³/mol. The average molecular weight is 275 g/mol. The molecule has 2 rings (SSSR count). The van der Waals surface area contributed by atoms with Gasteiger partial charge in [-0.3, -0.25) is 4.79 Å². The number of hydrogen-bond acceptors (Lipinski definition) is 1. The number of amides is 1. The molecule has 0 aliphatic heterocycles. The van der Waals surface area contributed by atoms with Gasteiger partial charge in [-0.1, -0.05) is 36.4 Å². The number of alkyl halides is 2. The molecule has 20 heavy (non-hydrogen) atoms. The molecule has 0 aromatic heterocycles. The Kier molecular flexibility index (Phi) is 3.57. The minimum absolute atomic E-state index is 0.0598. The molecular weight excluding hydrogens is 260 g/mol. The lowest BCUT2D eigenvalue weighted by atomic mass is 9.93. The van der Waals surface area contributed by atoms with Crippen molar-refractivity contribution in [3.8, 4) is 11.1 Å². The molecular formula is C16H15F2NO. The topological polar surface area (TPSA) is 43.1 Å². The van der Waals surface area contributed by atoms with Gasteiger partial charge in [0.25, 0.3) is 5.92 Å². The summed E-state index contributed by atoms with van der Waals surface area (Å²) in [7, 11) is 0. The minimum Gasteiger partial charge on any atom is -0.366 e. The van der Waals surface area contributed by atoms with Crippen molar-refractivity contribution in [2.45, 2.75) is 19.8 Å². The van der Waals surface area contributed by atoms with E-state index in [9.17, 15) is 13.6 Å². The second-order valence-electron chi connectivity index (χ2n) is 4.83. The fourth-order valence-electron chi connectivity index (χ4n) is 2.19. The molecule has 0 unspecified atom stereocenters. The molecule has 104 valence electrons. The second kappa shape index (κ2) is 5.04. The van der Waals surface area contributed by atoms with Gasteiger partial charge in [-0.25, -0.2) is 8.78 Å². The van der Waals surface area contributed by atoms with Crippen LogP contribution in [0.15, 0.2) is 42.5 Å². The highest BCUT2D eigenvalue weighted by atomic mass is 19.3. The maximum Gasteiger partial charge on any atom is 0.270 e. The molecule has 0 heterocycles. The maximum absolute atomic E-state index is 13.2. The Hall–Kier alpha value is -2.23. The van der Waals surface area contributed by atoms with Gasteiger partial charge in [0.1, 0.15) is 0 Å². The molecule has 0 spiro atoms. The highest BCUT2D eigenvalue weighted by Gasteiger charge is 2.24. The summed E-state index contributed by atoms with van der Waals surface area (Å²) in [5, 5.41) is 0. The van der Waals surface area contributed by atoms with Crippen molar-refractivity contribution < 1.29 is 13.6 Å². The zero-order valence-electron chi connectivity index (χ0n) is 11.3. The van der Waals surface area contributed by atoms with Gasteiger partial charge in [0, 0.05) is 18.1 Å². The number of benzene rings is 2. The Bertz CT molecular complexity index is 643. The lowest BCUT2D eigenvalue weighted by Gasteiger charge is -2.13. The SMILES string of the molecule is Cc1cccc(C(N)=O)c1-c1ccc(C(C)(F)F)cc1. The fourth-order valence-corrected chi connectivity index (χ4v) is 2.19. The monoisotopic (exact) mass is 275 g/mol. The van der Waals surface area contributed by atoms with E-state index in [0.29, 0.717) is 16.7 Å². The van der Waals surface area contributed by atoms with E-state index >= 15 is 0 Å². The lowest BCUT2D eigenvalue weighted by Crippen LogP contribution is -2.13. The third kappa shape index (κ3) is 2.69. The predicted octanol–water partition coefficient (Wildman–Crippen LogP) is 3.87. The standard InChI is InChI=1S/C16H15F2NO/c1-10-4-3-5-13(15(19)20)14(10)11-6-8-12(9-7-11)16(2,17)18/h3-9H,1-2H3,(H2,19,20). The fraction of sp³-hybridized carbons (Fsp3) is 0.188. The van der Waals surface area contributed by atoms with Crippen LogP contribution in [0.25, 0.3) is 11.1 Å². The van der Waals surface area contributed by atoms with E-state index in [2.05, 4.69) is 0 Å². The number of carbonyl (C=O) groups excluding carboxylic acids is 1. The van der Waals surface area contributed by atoms with Crippen molar-refractivity contribution in [1.29, 1.82) is 0 Å². The van der Waals surface area contributed by atoms with Crippen molar-refractivity contribution in [1.82, 2.24) is 0 Å². The zero-order chi connectivity index (χ0) is 14.9. The van der Waals surface area contributed by atoms with Gasteiger partial charge in [-0.05, 0) is 29.7 Å². The molecule has 2 nitrogen and oxygen atoms in total. The van der Waals surface area contributed by atoms with Gasteiger partial charge in [-0.2, -0.15) is 0 Å². The quantitative estimate of drug-likeness (QED) is 0.907. The smallest absolute Gasteiger partial charge is 0.270 e. The first-order valence-corrected chi connectivity index (χ1v) is 6.19. The molecule has 0 saturated carbocycles. The number of halogens is 2. The maximum atomic E-state index is 13.2. The van der Waals surface area contributed by atoms with Gasteiger partial charge in [-0.15, -0.1) is 0 Å². The Balaban J connectivity index is 2.55. The molecule has 0 atom stereocenters. The summed E-state index contributed by atoms with van der Waals surface area (Å²) < 4.78 is 26.4. The van der Waals surface area contributed by atoms with Crippen molar-refractivity contribution in [3.05, 3.63) is 59.2 Å². The van der Waals surface area contributed by atoms with Gasteiger partial charge < -0.3 is 5.73 Å². The summed E-state index contributed by atoms with van der Waals surface area (Å²) in [5.74, 6) is -3.41. The highest BCUT2D eigenvalue weighted by Crippen LogP contribution is 2.31. The van der Waals surface area contributed by atoms with Crippen LogP contribution in [-0.4, -0.2) is 5.91 Å². The van der Waals surface area contributed by atoms with E-state index in [1.165, 1.54) is 12.1 Å². The number of aryl methyl sites for hydroxylation is 1. The molecule has 0 bridgehead atoms. The van der Waals surface area contributed by atoms with E-state index < -0.39 is 11.8 Å². The van der Waals surface area contributed by atoms with Crippen LogP contribution in [-0.2, 0) is 5.92 Å². The van der Waals surface area contributed by atoms with Gasteiger partial charge >= 0.3 is 0 Å². The van der Waals surface area contributed by atoms with Crippen molar-refractivity contribution in [3.63, 3.8) is 0 Å². The summed E-state index contributed by atoms with van der Waals surface area (Å²) in [6.07, 6.45) is 0. The molecule has 2 N–H and O–H groups in total. The molecule has 0 radical (unpaired) electrons. The molecule has 4 heteroatoms. The van der Waals surface area contributed by atoms with Gasteiger partial charge in [0.2, 0.25) is 5.91 Å². The first kappa shape index (κ1) is 14.2. The first-order chi connectivity index (χ1) is 9.30. The normalized spacial score (nSPS) is 11.4. The number of primary amides is 1.